The van der Waals surface area contributed by atoms with E-state index in [1.54, 1.807) is 17.2 Å². The first-order valence-electron chi connectivity index (χ1n) is 9.83. The predicted octanol–water partition coefficient (Wildman–Crippen LogP) is 1.79. The third-order valence-corrected chi connectivity index (χ3v) is 5.81. The van der Waals surface area contributed by atoms with Crippen molar-refractivity contribution in [2.24, 2.45) is 5.92 Å². The molecule has 0 spiro atoms. The molecular weight excluding hydrogens is 415 g/mol. The highest BCUT2D eigenvalue weighted by Gasteiger charge is 2.34. The molecule has 3 rings (SSSR count). The zero-order valence-electron chi connectivity index (χ0n) is 17.4. The van der Waals surface area contributed by atoms with E-state index in [0.717, 1.165) is 5.69 Å². The molecule has 1 atom stereocenters. The van der Waals surface area contributed by atoms with Crippen LogP contribution in [-0.4, -0.2) is 74.4 Å². The Hall–Kier alpha value is -2.43. The second-order valence-corrected chi connectivity index (χ2v) is 10.0. The van der Waals surface area contributed by atoms with Gasteiger partial charge in [0.15, 0.2) is 0 Å². The molecule has 2 aliphatic heterocycles. The summed E-state index contributed by atoms with van der Waals surface area (Å²) in [4.78, 5) is 33.8. The smallest absolute Gasteiger partial charge is 0.410 e. The second-order valence-electron chi connectivity index (χ2n) is 8.61. The van der Waals surface area contributed by atoms with Crippen molar-refractivity contribution >= 4 is 33.7 Å². The van der Waals surface area contributed by atoms with Crippen LogP contribution in [0.5, 0.6) is 0 Å². The Morgan fingerprint density at radius 1 is 1.23 bits per heavy atom. The van der Waals surface area contributed by atoms with Crippen molar-refractivity contribution in [1.29, 1.82) is 0 Å². The standard InChI is InChI=1S/C19H27FN4O5S/c1-19(2,3)29-18(26)23-8-6-22(7-9-23)15-4-5-16(21-11-15)24-12-14(10-17(24)25)13-30(20,27)28/h4-5,11,14H,6-10,12-13H2,1-3H3. The first-order valence-corrected chi connectivity index (χ1v) is 11.4. The van der Waals surface area contributed by atoms with Gasteiger partial charge in [0.2, 0.25) is 5.91 Å². The van der Waals surface area contributed by atoms with E-state index in [4.69, 9.17) is 4.74 Å². The average molecular weight is 443 g/mol. The fourth-order valence-electron chi connectivity index (χ4n) is 3.59. The van der Waals surface area contributed by atoms with Crippen LogP contribution in [0.1, 0.15) is 27.2 Å². The van der Waals surface area contributed by atoms with Gasteiger partial charge in [-0.2, -0.15) is 8.42 Å². The minimum absolute atomic E-state index is 0.0147. The molecule has 0 radical (unpaired) electrons. The number of amides is 2. The maximum absolute atomic E-state index is 12.9. The Labute approximate surface area is 176 Å². The molecule has 1 unspecified atom stereocenters. The molecule has 9 nitrogen and oxygen atoms in total. The molecule has 2 aliphatic rings. The van der Waals surface area contributed by atoms with Crippen LogP contribution < -0.4 is 9.80 Å². The van der Waals surface area contributed by atoms with Crippen LogP contribution in [-0.2, 0) is 19.8 Å². The third kappa shape index (κ3) is 5.80. The second kappa shape index (κ2) is 8.37. The van der Waals surface area contributed by atoms with Gasteiger partial charge in [0, 0.05) is 45.1 Å². The summed E-state index contributed by atoms with van der Waals surface area (Å²) in [6, 6.07) is 3.53. The SMILES string of the molecule is CC(C)(C)OC(=O)N1CCN(c2ccc(N3CC(CS(=O)(=O)F)CC3=O)nc2)CC1. The Kier molecular flexibility index (Phi) is 6.21. The molecule has 166 valence electrons. The molecular formula is C19H27FN4O5S. The Morgan fingerprint density at radius 2 is 1.90 bits per heavy atom. The van der Waals surface area contributed by atoms with Gasteiger partial charge in [0.25, 0.3) is 0 Å². The molecule has 30 heavy (non-hydrogen) atoms. The minimum atomic E-state index is -4.62. The number of carbonyl (C=O) groups excluding carboxylic acids is 2. The lowest BCUT2D eigenvalue weighted by atomic mass is 10.1. The molecule has 0 saturated carbocycles. The van der Waals surface area contributed by atoms with E-state index in [1.165, 1.54) is 4.90 Å². The number of hydrogen-bond donors (Lipinski definition) is 0. The van der Waals surface area contributed by atoms with Gasteiger partial charge in [-0.05, 0) is 32.9 Å². The summed E-state index contributed by atoms with van der Waals surface area (Å²) >= 11 is 0. The van der Waals surface area contributed by atoms with E-state index in [9.17, 15) is 21.9 Å². The number of piperazine rings is 1. The van der Waals surface area contributed by atoms with Gasteiger partial charge in [-0.25, -0.2) is 9.78 Å². The molecule has 0 aliphatic carbocycles. The van der Waals surface area contributed by atoms with E-state index in [2.05, 4.69) is 9.88 Å². The van der Waals surface area contributed by atoms with Gasteiger partial charge in [-0.15, -0.1) is 3.89 Å². The van der Waals surface area contributed by atoms with Crippen LogP contribution in [0.4, 0.5) is 20.2 Å². The zero-order chi connectivity index (χ0) is 22.1. The first kappa shape index (κ1) is 22.3. The highest BCUT2D eigenvalue weighted by atomic mass is 32.3. The predicted molar refractivity (Wildman–Crippen MR) is 110 cm³/mol. The average Bonchev–Trinajstić information content (AvgIpc) is 2.99. The van der Waals surface area contributed by atoms with Crippen molar-refractivity contribution in [3.8, 4) is 0 Å². The summed E-state index contributed by atoms with van der Waals surface area (Å²) in [7, 11) is -4.62. The lowest BCUT2D eigenvalue weighted by Crippen LogP contribution is -2.50. The van der Waals surface area contributed by atoms with E-state index in [-0.39, 0.29) is 25.0 Å². The van der Waals surface area contributed by atoms with Crippen molar-refractivity contribution in [1.82, 2.24) is 9.88 Å². The fraction of sp³-hybridized carbons (Fsp3) is 0.632. The number of halogens is 1. The largest absolute Gasteiger partial charge is 0.444 e. The van der Waals surface area contributed by atoms with E-state index < -0.39 is 27.5 Å². The number of anilines is 2. The Bertz CT molecular complexity index is 892. The summed E-state index contributed by atoms with van der Waals surface area (Å²) in [5.41, 5.74) is 0.325. The van der Waals surface area contributed by atoms with E-state index in [1.807, 2.05) is 26.8 Å². The summed E-state index contributed by atoms with van der Waals surface area (Å²) in [5.74, 6) is -1.09. The summed E-state index contributed by atoms with van der Waals surface area (Å²) in [6.07, 6.45) is 1.30. The first-order chi connectivity index (χ1) is 13.9. The van der Waals surface area contributed by atoms with Gasteiger partial charge >= 0.3 is 16.3 Å². The molecule has 2 saturated heterocycles. The van der Waals surface area contributed by atoms with Gasteiger partial charge in [-0.1, -0.05) is 0 Å². The number of rotatable bonds is 4. The van der Waals surface area contributed by atoms with Crippen molar-refractivity contribution in [2.45, 2.75) is 32.8 Å². The molecule has 2 amide bonds. The van der Waals surface area contributed by atoms with Crippen molar-refractivity contribution < 1.29 is 26.6 Å². The van der Waals surface area contributed by atoms with Gasteiger partial charge in [0.1, 0.15) is 11.4 Å². The summed E-state index contributed by atoms with van der Waals surface area (Å²) in [6.45, 7) is 7.93. The fourth-order valence-corrected chi connectivity index (χ4v) is 4.38. The van der Waals surface area contributed by atoms with Crippen LogP contribution in [0.2, 0.25) is 0 Å². The lowest BCUT2D eigenvalue weighted by molar-refractivity contribution is -0.117. The summed E-state index contributed by atoms with van der Waals surface area (Å²) < 4.78 is 40.0. The molecule has 2 fully saturated rings. The van der Waals surface area contributed by atoms with Crippen molar-refractivity contribution in [2.75, 3.05) is 48.3 Å². The van der Waals surface area contributed by atoms with E-state index >= 15 is 0 Å². The monoisotopic (exact) mass is 442 g/mol. The Balaban J connectivity index is 1.57. The normalized spacial score (nSPS) is 20.6. The number of nitrogens with zero attached hydrogens (tertiary/aromatic N) is 4. The third-order valence-electron chi connectivity index (χ3n) is 4.95. The molecule has 1 aromatic rings. The Morgan fingerprint density at radius 3 is 2.43 bits per heavy atom. The molecule has 1 aromatic heterocycles. The number of carbonyl (C=O) groups is 2. The van der Waals surface area contributed by atoms with Crippen LogP contribution >= 0.6 is 0 Å². The maximum Gasteiger partial charge on any atom is 0.410 e. The van der Waals surface area contributed by atoms with Gasteiger partial charge < -0.3 is 14.5 Å². The maximum atomic E-state index is 12.9. The zero-order valence-corrected chi connectivity index (χ0v) is 18.2. The highest BCUT2D eigenvalue weighted by Crippen LogP contribution is 2.26. The molecule has 0 bridgehead atoms. The van der Waals surface area contributed by atoms with Crippen LogP contribution in [0.15, 0.2) is 18.3 Å². The van der Waals surface area contributed by atoms with Crippen molar-refractivity contribution in [3.05, 3.63) is 18.3 Å². The topological polar surface area (TPSA) is 100 Å². The van der Waals surface area contributed by atoms with Crippen LogP contribution in [0, 0.1) is 5.92 Å². The minimum Gasteiger partial charge on any atom is -0.444 e. The van der Waals surface area contributed by atoms with Crippen LogP contribution in [0.3, 0.4) is 0 Å². The quantitative estimate of drug-likeness (QED) is 0.656. The number of ether oxygens (including phenoxy) is 1. The highest BCUT2D eigenvalue weighted by molar-refractivity contribution is 7.86. The number of aromatic nitrogens is 1. The molecule has 11 heteroatoms. The van der Waals surface area contributed by atoms with Gasteiger partial charge in [0.05, 0.1) is 17.6 Å². The lowest BCUT2D eigenvalue weighted by Gasteiger charge is -2.36. The molecule has 0 N–H and O–H groups in total. The van der Waals surface area contributed by atoms with Crippen LogP contribution in [0.25, 0.3) is 0 Å². The molecule has 3 heterocycles. The van der Waals surface area contributed by atoms with E-state index in [0.29, 0.717) is 32.0 Å². The summed E-state index contributed by atoms with van der Waals surface area (Å²) in [5, 5.41) is 0. The molecule has 0 aromatic carbocycles. The van der Waals surface area contributed by atoms with Gasteiger partial charge in [-0.3, -0.25) is 9.69 Å². The van der Waals surface area contributed by atoms with Crippen molar-refractivity contribution in [3.63, 3.8) is 0 Å². The number of hydrogen-bond acceptors (Lipinski definition) is 7. The number of pyridine rings is 1.